The van der Waals surface area contributed by atoms with Gasteiger partial charge in [0.2, 0.25) is 5.91 Å². The van der Waals surface area contributed by atoms with Gasteiger partial charge in [0.15, 0.2) is 0 Å². The highest BCUT2D eigenvalue weighted by molar-refractivity contribution is 5.99. The number of halogens is 1. The Bertz CT molecular complexity index is 604. The number of para-hydroxylation sites is 2. The molecule has 4 N–H and O–H groups in total. The van der Waals surface area contributed by atoms with Crippen molar-refractivity contribution >= 4 is 35.7 Å². The quantitative estimate of drug-likeness (QED) is 0.767. The van der Waals surface area contributed by atoms with E-state index in [1.165, 1.54) is 0 Å². The number of hydrogen-bond donors (Lipinski definition) is 3. The summed E-state index contributed by atoms with van der Waals surface area (Å²) >= 11 is 0. The molecule has 1 heterocycles. The average Bonchev–Trinajstić information content (AvgIpc) is 3.11. The first-order chi connectivity index (χ1) is 11.6. The molecule has 2 atom stereocenters. The van der Waals surface area contributed by atoms with Crippen LogP contribution in [-0.4, -0.2) is 36.0 Å². The molecule has 1 saturated heterocycles. The van der Waals surface area contributed by atoms with Crippen LogP contribution in [0.25, 0.3) is 0 Å². The Morgan fingerprint density at radius 2 is 1.64 bits per heavy atom. The van der Waals surface area contributed by atoms with Gasteiger partial charge in [-0.05, 0) is 44.2 Å². The van der Waals surface area contributed by atoms with Crippen LogP contribution < -0.4 is 16.4 Å². The van der Waals surface area contributed by atoms with E-state index < -0.39 is 0 Å². The van der Waals surface area contributed by atoms with Gasteiger partial charge in [-0.2, -0.15) is 0 Å². The van der Waals surface area contributed by atoms with Gasteiger partial charge < -0.3 is 21.3 Å². The van der Waals surface area contributed by atoms with E-state index in [-0.39, 0.29) is 36.3 Å². The van der Waals surface area contributed by atoms with Crippen molar-refractivity contribution in [1.82, 2.24) is 4.90 Å². The molecule has 6 nitrogen and oxygen atoms in total. The van der Waals surface area contributed by atoms with Crippen molar-refractivity contribution < 1.29 is 9.59 Å². The normalized spacial score (nSPS) is 22.8. The van der Waals surface area contributed by atoms with Crippen molar-refractivity contribution in [3.63, 3.8) is 0 Å². The maximum atomic E-state index is 12.5. The third kappa shape index (κ3) is 5.09. The summed E-state index contributed by atoms with van der Waals surface area (Å²) in [6.45, 7) is 1.58. The molecule has 0 spiro atoms. The topological polar surface area (TPSA) is 87.5 Å². The predicted molar refractivity (Wildman–Crippen MR) is 102 cm³/mol. The summed E-state index contributed by atoms with van der Waals surface area (Å²) in [4.78, 5) is 26.6. The molecule has 2 unspecified atom stereocenters. The van der Waals surface area contributed by atoms with Gasteiger partial charge >= 0.3 is 6.03 Å². The third-order valence-electron chi connectivity index (χ3n) is 4.91. The molecule has 1 aromatic rings. The van der Waals surface area contributed by atoms with Gasteiger partial charge in [0, 0.05) is 25.0 Å². The fourth-order valence-electron chi connectivity index (χ4n) is 3.52. The molecule has 2 aliphatic rings. The minimum atomic E-state index is -0.103. The van der Waals surface area contributed by atoms with Crippen molar-refractivity contribution in [3.8, 4) is 0 Å². The molecule has 3 rings (SSSR count). The van der Waals surface area contributed by atoms with Crippen LogP contribution in [0.15, 0.2) is 24.3 Å². The Morgan fingerprint density at radius 3 is 2.28 bits per heavy atom. The van der Waals surface area contributed by atoms with Gasteiger partial charge in [0.1, 0.15) is 0 Å². The van der Waals surface area contributed by atoms with Crippen LogP contribution in [-0.2, 0) is 4.79 Å². The summed E-state index contributed by atoms with van der Waals surface area (Å²) in [5, 5.41) is 5.89. The molecule has 7 heteroatoms. The van der Waals surface area contributed by atoms with Gasteiger partial charge in [-0.1, -0.05) is 18.6 Å². The second-order valence-electron chi connectivity index (χ2n) is 6.78. The fourth-order valence-corrected chi connectivity index (χ4v) is 3.52. The van der Waals surface area contributed by atoms with Gasteiger partial charge in [-0.25, -0.2) is 4.79 Å². The third-order valence-corrected chi connectivity index (χ3v) is 4.91. The number of likely N-dealkylation sites (tertiary alicyclic amines) is 1. The van der Waals surface area contributed by atoms with E-state index in [0.29, 0.717) is 11.4 Å². The van der Waals surface area contributed by atoms with Crippen LogP contribution in [0.3, 0.4) is 0 Å². The first-order valence-electron chi connectivity index (χ1n) is 8.85. The highest BCUT2D eigenvalue weighted by Crippen LogP contribution is 2.27. The lowest BCUT2D eigenvalue weighted by Crippen LogP contribution is -2.35. The van der Waals surface area contributed by atoms with Gasteiger partial charge in [0.25, 0.3) is 0 Å². The van der Waals surface area contributed by atoms with Crippen molar-refractivity contribution in [2.75, 3.05) is 23.7 Å². The van der Waals surface area contributed by atoms with Gasteiger partial charge in [-0.3, -0.25) is 4.79 Å². The Kier molecular flexibility index (Phi) is 7.08. The maximum Gasteiger partial charge on any atom is 0.321 e. The molecule has 1 aliphatic carbocycles. The van der Waals surface area contributed by atoms with Crippen LogP contribution in [0.2, 0.25) is 0 Å². The lowest BCUT2D eigenvalue weighted by atomic mass is 9.85. The van der Waals surface area contributed by atoms with Crippen LogP contribution in [0.5, 0.6) is 0 Å². The lowest BCUT2D eigenvalue weighted by Gasteiger charge is -2.26. The van der Waals surface area contributed by atoms with E-state index in [9.17, 15) is 9.59 Å². The van der Waals surface area contributed by atoms with Crippen molar-refractivity contribution in [2.45, 2.75) is 44.6 Å². The number of carbonyl (C=O) groups excluding carboxylic acids is 2. The number of urea groups is 1. The minimum Gasteiger partial charge on any atom is -0.328 e. The second kappa shape index (κ2) is 9.06. The monoisotopic (exact) mass is 366 g/mol. The zero-order chi connectivity index (χ0) is 16.9. The number of nitrogens with two attached hydrogens (primary N) is 1. The molecular weight excluding hydrogens is 340 g/mol. The van der Waals surface area contributed by atoms with Gasteiger partial charge in [0.05, 0.1) is 11.4 Å². The van der Waals surface area contributed by atoms with Crippen LogP contribution in [0, 0.1) is 5.92 Å². The molecule has 2 fully saturated rings. The second-order valence-corrected chi connectivity index (χ2v) is 6.78. The summed E-state index contributed by atoms with van der Waals surface area (Å²) in [6, 6.07) is 7.35. The summed E-state index contributed by atoms with van der Waals surface area (Å²) in [5.74, 6) is -0.0517. The van der Waals surface area contributed by atoms with E-state index in [1.807, 2.05) is 24.3 Å². The summed E-state index contributed by atoms with van der Waals surface area (Å²) in [5.41, 5.74) is 7.27. The predicted octanol–water partition coefficient (Wildman–Crippen LogP) is 3.19. The molecule has 0 bridgehead atoms. The summed E-state index contributed by atoms with van der Waals surface area (Å²) in [6.07, 6.45) is 5.69. The van der Waals surface area contributed by atoms with Crippen LogP contribution in [0.4, 0.5) is 16.2 Å². The Hall–Kier alpha value is -1.79. The van der Waals surface area contributed by atoms with Crippen molar-refractivity contribution in [3.05, 3.63) is 24.3 Å². The number of nitrogens with one attached hydrogen (secondary N) is 2. The average molecular weight is 367 g/mol. The Balaban J connectivity index is 0.00000225. The number of anilines is 2. The number of carbonyl (C=O) groups is 2. The van der Waals surface area contributed by atoms with Crippen LogP contribution >= 0.6 is 12.4 Å². The summed E-state index contributed by atoms with van der Waals surface area (Å²) in [7, 11) is 0. The smallest absolute Gasteiger partial charge is 0.321 e. The number of nitrogens with zero attached hydrogens (tertiary/aromatic N) is 1. The molecule has 1 aliphatic heterocycles. The van der Waals surface area contributed by atoms with E-state index in [1.54, 1.807) is 4.90 Å². The maximum absolute atomic E-state index is 12.5. The number of benzene rings is 1. The number of amides is 3. The zero-order valence-electron chi connectivity index (χ0n) is 14.4. The minimum absolute atomic E-state index is 0. The molecule has 1 aromatic carbocycles. The first-order valence-corrected chi connectivity index (χ1v) is 8.85. The molecule has 1 saturated carbocycles. The van der Waals surface area contributed by atoms with E-state index in [4.69, 9.17) is 5.73 Å². The largest absolute Gasteiger partial charge is 0.328 e. The van der Waals surface area contributed by atoms with Crippen molar-refractivity contribution in [1.29, 1.82) is 0 Å². The SMILES string of the molecule is Cl.NC1CCCC(C(=O)Nc2ccccc2NC(=O)N2CCCC2)C1. The fraction of sp³-hybridized carbons (Fsp3) is 0.556. The number of rotatable bonds is 3. The van der Waals surface area contributed by atoms with Gasteiger partial charge in [-0.15, -0.1) is 12.4 Å². The van der Waals surface area contributed by atoms with E-state index >= 15 is 0 Å². The zero-order valence-corrected chi connectivity index (χ0v) is 15.2. The highest BCUT2D eigenvalue weighted by Gasteiger charge is 2.26. The summed E-state index contributed by atoms with van der Waals surface area (Å²) < 4.78 is 0. The highest BCUT2D eigenvalue weighted by atomic mass is 35.5. The van der Waals surface area contributed by atoms with E-state index in [0.717, 1.165) is 51.6 Å². The first kappa shape index (κ1) is 19.5. The molecule has 3 amide bonds. The molecule has 0 aromatic heterocycles. The Morgan fingerprint density at radius 1 is 1.00 bits per heavy atom. The molecule has 25 heavy (non-hydrogen) atoms. The number of hydrogen-bond acceptors (Lipinski definition) is 3. The molecular formula is C18H27ClN4O2. The standard InChI is InChI=1S/C18H26N4O2.ClH/c19-14-7-5-6-13(12-14)17(23)20-15-8-1-2-9-16(15)21-18(24)22-10-3-4-11-22;/h1-2,8-9,13-14H,3-7,10-12,19H2,(H,20,23)(H,21,24);1H. The molecule has 0 radical (unpaired) electrons. The lowest BCUT2D eigenvalue weighted by molar-refractivity contribution is -0.120. The molecule has 138 valence electrons. The van der Waals surface area contributed by atoms with Crippen molar-refractivity contribution in [2.24, 2.45) is 11.7 Å². The Labute approximate surface area is 154 Å². The van der Waals surface area contributed by atoms with Crippen LogP contribution in [0.1, 0.15) is 38.5 Å². The van der Waals surface area contributed by atoms with E-state index in [2.05, 4.69) is 10.6 Å².